The highest BCUT2D eigenvalue weighted by Gasteiger charge is 2.28. The molecule has 2 amide bonds. The summed E-state index contributed by atoms with van der Waals surface area (Å²) >= 11 is 19.4. The summed E-state index contributed by atoms with van der Waals surface area (Å²) in [5.74, 6) is -3.81. The van der Waals surface area contributed by atoms with Crippen LogP contribution in [0.5, 0.6) is 69.0 Å². The molecule has 0 spiro atoms. The standard InChI is InChI=1S/C28H28ClNO8.C26H24ClNO8.C24H21ClO7.C4H9NO2.ClH/c1-4-36-24(31)15-30-28(33)26(32)22-13-14-23(37-16-18-5-9-20(34-2)10-6-18)27(25(22)29)38-17-19-7-11-21(35-3)12-8-19;1-33-18-7-3-16(4-8-18)14-35-21-12-11-20(24(31)26(32)28-13-22(29)30)23(27)25(21)36-15-17-5-9-19(34-2)10-6-17;1-29-17-7-3-15(4-8-17)13-31-20-12-11-19(22(26)24(27)28)21(25)23(20)32-14-16-5-9-18(30-2)10-6-16;1-2-7-4(6)3-5;/h5-14H,4,15-17H2,1-3H3,(H,30,33);3-12H,13-15H2,1-2H3,(H,28,32)(H,29,30);3-12H,13-14H2,1-2H3,(H,27,28);2-3,5H2,1H3;1H. The van der Waals surface area contributed by atoms with Crippen LogP contribution in [0, 0.1) is 0 Å². The number of ketones is 3. The Bertz CT molecular complexity index is 4670. The minimum Gasteiger partial charge on any atom is -0.497 e. The van der Waals surface area contributed by atoms with Gasteiger partial charge >= 0.3 is 23.9 Å². The fourth-order valence-corrected chi connectivity index (χ4v) is 10.3. The van der Waals surface area contributed by atoms with E-state index in [0.717, 1.165) is 39.1 Å². The number of methoxy groups -OCH3 is 6. The third-order valence-electron chi connectivity index (χ3n) is 15.4. The number of esters is 2. The molecule has 604 valence electrons. The lowest BCUT2D eigenvalue weighted by atomic mass is 10.1. The smallest absolute Gasteiger partial charge is 0.377 e. The van der Waals surface area contributed by atoms with Crippen LogP contribution in [-0.2, 0) is 77.9 Å². The number of carbonyl (C=O) groups is 9. The molecule has 32 heteroatoms. The van der Waals surface area contributed by atoms with E-state index in [1.807, 2.05) is 78.1 Å². The molecule has 6 N–H and O–H groups in total. The molecular weight excluding hydrogens is 1570 g/mol. The Morgan fingerprint density at radius 2 is 0.570 bits per heavy atom. The second kappa shape index (κ2) is 48.3. The minimum atomic E-state index is -1.61. The van der Waals surface area contributed by atoms with Crippen molar-refractivity contribution < 1.29 is 120 Å². The molecule has 0 aliphatic carbocycles. The van der Waals surface area contributed by atoms with Gasteiger partial charge in [0.2, 0.25) is 0 Å². The molecule has 0 saturated heterocycles. The number of carboxylic acid groups (broad SMARTS) is 2. The molecule has 0 radical (unpaired) electrons. The van der Waals surface area contributed by atoms with E-state index >= 15 is 0 Å². The number of carboxylic acids is 2. The third-order valence-corrected chi connectivity index (χ3v) is 16.5. The van der Waals surface area contributed by atoms with Crippen molar-refractivity contribution in [1.29, 1.82) is 0 Å². The highest BCUT2D eigenvalue weighted by Crippen LogP contribution is 2.42. The van der Waals surface area contributed by atoms with E-state index in [9.17, 15) is 43.2 Å². The first-order valence-electron chi connectivity index (χ1n) is 34.1. The lowest BCUT2D eigenvalue weighted by Crippen LogP contribution is -2.35. The number of hydrogen-bond donors (Lipinski definition) is 5. The van der Waals surface area contributed by atoms with Gasteiger partial charge in [-0.2, -0.15) is 0 Å². The number of hydrogen-bond acceptors (Lipinski definition) is 24. The summed E-state index contributed by atoms with van der Waals surface area (Å²) in [4.78, 5) is 105. The maximum atomic E-state index is 12.8. The summed E-state index contributed by atoms with van der Waals surface area (Å²) in [6.45, 7) is 3.65. The van der Waals surface area contributed by atoms with Crippen LogP contribution >= 0.6 is 47.2 Å². The first-order valence-corrected chi connectivity index (χ1v) is 35.2. The van der Waals surface area contributed by atoms with Crippen LogP contribution in [0.15, 0.2) is 182 Å². The van der Waals surface area contributed by atoms with Gasteiger partial charge in [-0.05, 0) is 156 Å². The summed E-state index contributed by atoms with van der Waals surface area (Å²) in [5, 5.41) is 21.7. The van der Waals surface area contributed by atoms with Gasteiger partial charge in [0.1, 0.15) is 87.2 Å². The van der Waals surface area contributed by atoms with E-state index < -0.39 is 60.2 Å². The topological polar surface area (TPSA) is 373 Å². The summed E-state index contributed by atoms with van der Waals surface area (Å²) in [6, 6.07) is 51.9. The van der Waals surface area contributed by atoms with Gasteiger partial charge in [-0.15, -0.1) is 12.4 Å². The number of halogens is 4. The maximum Gasteiger partial charge on any atom is 0.377 e. The summed E-state index contributed by atoms with van der Waals surface area (Å²) < 4.78 is 75.6. The Kier molecular flexibility index (Phi) is 39.1. The van der Waals surface area contributed by atoms with Crippen LogP contribution in [0.1, 0.15) is 78.3 Å². The molecule has 28 nitrogen and oxygen atoms in total. The lowest BCUT2D eigenvalue weighted by molar-refractivity contribution is -0.143. The highest BCUT2D eigenvalue weighted by atomic mass is 35.5. The average molecular weight is 1650 g/mol. The fraction of sp³-hybridized carbons (Fsp3) is 0.232. The van der Waals surface area contributed by atoms with Crippen molar-refractivity contribution in [2.24, 2.45) is 5.73 Å². The predicted octanol–water partition coefficient (Wildman–Crippen LogP) is 13.0. The van der Waals surface area contributed by atoms with E-state index in [0.29, 0.717) is 35.4 Å². The van der Waals surface area contributed by atoms with Gasteiger partial charge in [-0.3, -0.25) is 38.4 Å². The molecule has 0 atom stereocenters. The number of aliphatic carboxylic acids is 2. The molecule has 0 aromatic heterocycles. The van der Waals surface area contributed by atoms with Crippen molar-refractivity contribution in [1.82, 2.24) is 10.6 Å². The van der Waals surface area contributed by atoms with E-state index in [2.05, 4.69) is 10.1 Å². The molecule has 0 saturated carbocycles. The van der Waals surface area contributed by atoms with Crippen LogP contribution in [-0.4, -0.2) is 139 Å². The van der Waals surface area contributed by atoms with Crippen molar-refractivity contribution in [2.45, 2.75) is 53.5 Å². The molecule has 0 bridgehead atoms. The van der Waals surface area contributed by atoms with Crippen molar-refractivity contribution in [3.05, 3.63) is 247 Å². The van der Waals surface area contributed by atoms with Gasteiger partial charge in [-0.1, -0.05) is 108 Å². The van der Waals surface area contributed by atoms with E-state index in [4.69, 9.17) is 112 Å². The minimum absolute atomic E-state index is 0. The van der Waals surface area contributed by atoms with E-state index in [1.165, 1.54) is 36.4 Å². The second-order valence-electron chi connectivity index (χ2n) is 22.9. The molecule has 9 rings (SSSR count). The Morgan fingerprint density at radius 1 is 0.333 bits per heavy atom. The lowest BCUT2D eigenvalue weighted by Gasteiger charge is -2.16. The monoisotopic (exact) mass is 1650 g/mol. The number of carbonyl (C=O) groups excluding carboxylic acids is 7. The summed E-state index contributed by atoms with van der Waals surface area (Å²) in [7, 11) is 9.45. The Balaban J connectivity index is 0.000000292. The molecule has 0 fully saturated rings. The first kappa shape index (κ1) is 92.1. The second-order valence-corrected chi connectivity index (χ2v) is 24.1. The highest BCUT2D eigenvalue weighted by molar-refractivity contribution is 6.48. The van der Waals surface area contributed by atoms with Crippen LogP contribution in [0.3, 0.4) is 0 Å². The Hall–Kier alpha value is -12.5. The van der Waals surface area contributed by atoms with Crippen LogP contribution in [0.2, 0.25) is 15.1 Å². The number of Topliss-reactive ketones (excluding diaryl/α,β-unsaturated/α-hetero) is 3. The number of benzene rings is 9. The van der Waals surface area contributed by atoms with Crippen LogP contribution in [0.4, 0.5) is 0 Å². The van der Waals surface area contributed by atoms with Gasteiger partial charge in [0, 0.05) is 0 Å². The molecule has 0 unspecified atom stereocenters. The van der Waals surface area contributed by atoms with Gasteiger partial charge in [-0.25, -0.2) is 4.79 Å². The third kappa shape index (κ3) is 29.0. The zero-order valence-corrected chi connectivity index (χ0v) is 66.1. The number of amides is 2. The number of ether oxygens (including phenoxy) is 14. The normalized spacial score (nSPS) is 10.1. The largest absolute Gasteiger partial charge is 0.497 e. The van der Waals surface area contributed by atoms with Crippen LogP contribution < -0.4 is 73.2 Å². The van der Waals surface area contributed by atoms with E-state index in [-0.39, 0.29) is 137 Å². The molecule has 114 heavy (non-hydrogen) atoms. The molecule has 9 aromatic rings. The predicted molar refractivity (Wildman–Crippen MR) is 422 cm³/mol. The Morgan fingerprint density at radius 3 is 0.789 bits per heavy atom. The molecule has 0 heterocycles. The zero-order chi connectivity index (χ0) is 82.4. The average Bonchev–Trinajstić information content (AvgIpc) is 0.811. The van der Waals surface area contributed by atoms with Crippen LogP contribution in [0.25, 0.3) is 0 Å². The summed E-state index contributed by atoms with van der Waals surface area (Å²) in [6.07, 6.45) is 0. The number of nitrogens with two attached hydrogens (primary N) is 1. The molecule has 9 aromatic carbocycles. The van der Waals surface area contributed by atoms with Gasteiger partial charge in [0.25, 0.3) is 29.2 Å². The van der Waals surface area contributed by atoms with Gasteiger partial charge in [0.05, 0.1) is 94.2 Å². The SMILES string of the molecule is CCOC(=O)CN.CCOC(=O)CNC(=O)C(=O)c1ccc(OCc2ccc(OC)cc2)c(OCc2ccc(OC)cc2)c1Cl.COc1ccc(COc2ccc(C(=O)C(=O)NCC(=O)O)c(Cl)c2OCc2ccc(OC)cc2)cc1.COc1ccc(COc2ccc(C(=O)C(=O)O)c(Cl)c2OCc2ccc(OC)cc2)cc1.Cl. The molecule has 0 aliphatic heterocycles. The quantitative estimate of drug-likeness (QED) is 0.0137. The van der Waals surface area contributed by atoms with Crippen molar-refractivity contribution in [2.75, 3.05) is 75.5 Å². The number of rotatable bonds is 37. The first-order chi connectivity index (χ1) is 54.4. The summed E-state index contributed by atoms with van der Waals surface area (Å²) in [5.41, 5.74) is 9.45. The van der Waals surface area contributed by atoms with Crippen molar-refractivity contribution in [3.63, 3.8) is 0 Å². The van der Waals surface area contributed by atoms with Gasteiger partial charge < -0.3 is 92.9 Å². The number of nitrogens with one attached hydrogen (secondary N) is 2. The Labute approximate surface area is 677 Å². The fourth-order valence-electron chi connectivity index (χ4n) is 9.43. The molecular formula is C82H83Cl4N3O25. The van der Waals surface area contributed by atoms with Crippen molar-refractivity contribution in [3.8, 4) is 69.0 Å². The maximum absolute atomic E-state index is 12.8. The van der Waals surface area contributed by atoms with Gasteiger partial charge in [0.15, 0.2) is 34.5 Å². The molecule has 0 aliphatic rings. The van der Waals surface area contributed by atoms with Crippen molar-refractivity contribution >= 4 is 100 Å². The van der Waals surface area contributed by atoms with E-state index in [1.54, 1.807) is 129 Å². The zero-order valence-electron chi connectivity index (χ0n) is 63.0.